The minimum Gasteiger partial charge on any atom is -0.292 e. The van der Waals surface area contributed by atoms with Gasteiger partial charge in [0.25, 0.3) is 0 Å². The van der Waals surface area contributed by atoms with Crippen LogP contribution >= 0.6 is 0 Å². The summed E-state index contributed by atoms with van der Waals surface area (Å²) in [6.07, 6.45) is 1.89. The smallest absolute Gasteiger partial charge is 0.147 e. The van der Waals surface area contributed by atoms with Gasteiger partial charge >= 0.3 is 0 Å². The highest BCUT2D eigenvalue weighted by Crippen LogP contribution is 2.31. The molecule has 25 heavy (non-hydrogen) atoms. The number of nitrogens with zero attached hydrogens (tertiary/aromatic N) is 3. The molecule has 0 amide bonds. The Bertz CT molecular complexity index is 1280. The van der Waals surface area contributed by atoms with Crippen molar-refractivity contribution in [2.45, 2.75) is 19.6 Å². The summed E-state index contributed by atoms with van der Waals surface area (Å²) in [6.45, 7) is 7.19. The molecule has 0 atom stereocenters. The molecule has 0 saturated heterocycles. The van der Waals surface area contributed by atoms with E-state index in [-0.39, 0.29) is 0 Å². The fourth-order valence-corrected chi connectivity index (χ4v) is 5.43. The molecule has 0 aliphatic carbocycles. The second-order valence-corrected chi connectivity index (χ2v) is 12.6. The van der Waals surface area contributed by atoms with Crippen LogP contribution in [0.4, 0.5) is 0 Å². The molecule has 122 valence electrons. The van der Waals surface area contributed by atoms with Gasteiger partial charge < -0.3 is 0 Å². The topological polar surface area (TPSA) is 30.2 Å². The first-order valence-corrected chi connectivity index (χ1v) is 12.1. The maximum atomic E-state index is 4.92. The minimum atomic E-state index is -1.52. The number of hydrogen-bond acceptors (Lipinski definition) is 2. The van der Waals surface area contributed by atoms with Crippen molar-refractivity contribution in [1.82, 2.24) is 14.4 Å². The minimum absolute atomic E-state index is 0.990. The largest absolute Gasteiger partial charge is 0.292 e. The van der Waals surface area contributed by atoms with E-state index in [2.05, 4.69) is 66.5 Å². The van der Waals surface area contributed by atoms with Gasteiger partial charge in [-0.1, -0.05) is 43.9 Å². The summed E-state index contributed by atoms with van der Waals surface area (Å²) in [7, 11) is -1.52. The molecule has 0 bridgehead atoms. The molecule has 3 heterocycles. The second kappa shape index (κ2) is 4.89. The molecule has 3 nitrogen and oxygen atoms in total. The highest BCUT2D eigenvalue weighted by atomic mass is 28.3. The van der Waals surface area contributed by atoms with E-state index in [4.69, 9.17) is 9.97 Å². The average molecular weight is 341 g/mol. The lowest BCUT2D eigenvalue weighted by Gasteiger charge is -2.21. The Morgan fingerprint density at radius 1 is 0.840 bits per heavy atom. The maximum absolute atomic E-state index is 4.92. The molecule has 0 aliphatic rings. The molecule has 0 radical (unpaired) electrons. The zero-order valence-electron chi connectivity index (χ0n) is 14.6. The molecule has 0 saturated carbocycles. The van der Waals surface area contributed by atoms with Crippen LogP contribution in [0.2, 0.25) is 19.6 Å². The Morgan fingerprint density at radius 2 is 1.64 bits per heavy atom. The van der Waals surface area contributed by atoms with E-state index < -0.39 is 8.07 Å². The third-order valence-electron chi connectivity index (χ3n) is 4.94. The zero-order chi connectivity index (χ0) is 17.2. The van der Waals surface area contributed by atoms with E-state index >= 15 is 0 Å². The van der Waals surface area contributed by atoms with Crippen LogP contribution in [0.1, 0.15) is 0 Å². The van der Waals surface area contributed by atoms with Gasteiger partial charge in [0.1, 0.15) is 5.65 Å². The summed E-state index contributed by atoms with van der Waals surface area (Å²) in [5, 5.41) is 3.86. The molecule has 2 aromatic carbocycles. The lowest BCUT2D eigenvalue weighted by Crippen LogP contribution is -2.38. The van der Waals surface area contributed by atoms with E-state index in [0.29, 0.717) is 0 Å². The molecule has 5 rings (SSSR count). The van der Waals surface area contributed by atoms with Gasteiger partial charge in [-0.25, -0.2) is 4.98 Å². The highest BCUT2D eigenvalue weighted by molar-refractivity contribution is 6.90. The summed E-state index contributed by atoms with van der Waals surface area (Å²) >= 11 is 0. The van der Waals surface area contributed by atoms with Gasteiger partial charge in [-0.3, -0.25) is 9.38 Å². The molecule has 0 fully saturated rings. The van der Waals surface area contributed by atoms with Gasteiger partial charge in [-0.15, -0.1) is 0 Å². The number of fused-ring (bicyclic) bond motifs is 8. The summed E-state index contributed by atoms with van der Waals surface area (Å²) in [6, 6.07) is 19.2. The van der Waals surface area contributed by atoms with Crippen molar-refractivity contribution in [3.8, 4) is 0 Å². The first kappa shape index (κ1) is 14.6. The van der Waals surface area contributed by atoms with Crippen molar-refractivity contribution in [1.29, 1.82) is 0 Å². The first-order chi connectivity index (χ1) is 12.1. The molecule has 0 spiro atoms. The van der Waals surface area contributed by atoms with Crippen LogP contribution in [0.25, 0.3) is 38.5 Å². The van der Waals surface area contributed by atoms with Gasteiger partial charge in [0.05, 0.1) is 30.1 Å². The Balaban J connectivity index is 2.19. The van der Waals surface area contributed by atoms with Crippen LogP contribution in [0.15, 0.2) is 60.8 Å². The van der Waals surface area contributed by atoms with Crippen molar-refractivity contribution in [3.63, 3.8) is 0 Å². The summed E-state index contributed by atoms with van der Waals surface area (Å²) in [4.78, 5) is 9.69. The van der Waals surface area contributed by atoms with Crippen molar-refractivity contribution in [3.05, 3.63) is 60.8 Å². The van der Waals surface area contributed by atoms with Crippen molar-refractivity contribution in [2.75, 3.05) is 0 Å². The van der Waals surface area contributed by atoms with Crippen LogP contribution < -0.4 is 5.19 Å². The lowest BCUT2D eigenvalue weighted by molar-refractivity contribution is 1.30. The van der Waals surface area contributed by atoms with Crippen LogP contribution in [-0.2, 0) is 0 Å². The second-order valence-electron chi connectivity index (χ2n) is 7.61. The number of rotatable bonds is 1. The standard InChI is InChI=1S/C21H19N3Si/c1-25(2,3)18-12-6-11-17-19(18)20-14(8-7-13-22-20)21-23-15-9-4-5-10-16(15)24(17)21/h4-13H,1-3H3. The molecule has 5 aromatic rings. The fraction of sp³-hybridized carbons (Fsp3) is 0.143. The number of imidazole rings is 1. The van der Waals surface area contributed by atoms with E-state index in [1.54, 1.807) is 0 Å². The average Bonchev–Trinajstić information content (AvgIpc) is 3.00. The summed E-state index contributed by atoms with van der Waals surface area (Å²) < 4.78 is 2.30. The number of hydrogen-bond donors (Lipinski definition) is 0. The number of para-hydroxylation sites is 2. The molecule has 4 heteroatoms. The third-order valence-corrected chi connectivity index (χ3v) is 6.97. The van der Waals surface area contributed by atoms with E-state index in [9.17, 15) is 0 Å². The molecular formula is C21H19N3Si. The van der Waals surface area contributed by atoms with Crippen molar-refractivity contribution < 1.29 is 0 Å². The number of pyridine rings is 2. The molecule has 0 unspecified atom stereocenters. The van der Waals surface area contributed by atoms with Crippen LogP contribution in [-0.4, -0.2) is 22.4 Å². The first-order valence-electron chi connectivity index (χ1n) is 8.63. The Morgan fingerprint density at radius 3 is 2.48 bits per heavy atom. The SMILES string of the molecule is C[Si](C)(C)c1cccc2c1c1ncccc1c1nc3ccccc3n21. The van der Waals surface area contributed by atoms with Gasteiger partial charge in [0.2, 0.25) is 0 Å². The molecule has 0 N–H and O–H groups in total. The predicted molar refractivity (Wildman–Crippen MR) is 108 cm³/mol. The van der Waals surface area contributed by atoms with Crippen LogP contribution in [0.3, 0.4) is 0 Å². The number of aromatic nitrogens is 3. The molecule has 0 aliphatic heterocycles. The number of benzene rings is 2. The highest BCUT2D eigenvalue weighted by Gasteiger charge is 2.23. The fourth-order valence-electron chi connectivity index (χ4n) is 3.84. The van der Waals surface area contributed by atoms with Crippen molar-refractivity contribution >= 4 is 51.7 Å². The molecular weight excluding hydrogens is 322 g/mol. The van der Waals surface area contributed by atoms with Crippen molar-refractivity contribution in [2.24, 2.45) is 0 Å². The van der Waals surface area contributed by atoms with E-state index in [0.717, 1.165) is 27.6 Å². The molecule has 3 aromatic heterocycles. The Hall–Kier alpha value is -2.72. The van der Waals surface area contributed by atoms with Crippen LogP contribution in [0.5, 0.6) is 0 Å². The van der Waals surface area contributed by atoms with E-state index in [1.165, 1.54) is 16.1 Å². The maximum Gasteiger partial charge on any atom is 0.147 e. The monoisotopic (exact) mass is 341 g/mol. The predicted octanol–water partition coefficient (Wildman–Crippen LogP) is 4.73. The normalized spacial score (nSPS) is 12.6. The van der Waals surface area contributed by atoms with Gasteiger partial charge in [0, 0.05) is 17.0 Å². The van der Waals surface area contributed by atoms with Gasteiger partial charge in [0.15, 0.2) is 0 Å². The van der Waals surface area contributed by atoms with Gasteiger partial charge in [-0.05, 0) is 35.5 Å². The quantitative estimate of drug-likeness (QED) is 0.326. The van der Waals surface area contributed by atoms with E-state index in [1.807, 2.05) is 18.3 Å². The third kappa shape index (κ3) is 1.97. The zero-order valence-corrected chi connectivity index (χ0v) is 15.6. The lowest BCUT2D eigenvalue weighted by atomic mass is 10.1. The van der Waals surface area contributed by atoms with Crippen LogP contribution in [0, 0.1) is 0 Å². The van der Waals surface area contributed by atoms with Gasteiger partial charge in [-0.2, -0.15) is 0 Å². The Labute approximate surface area is 147 Å². The Kier molecular flexibility index (Phi) is 2.86. The summed E-state index contributed by atoms with van der Waals surface area (Å²) in [5.74, 6) is 0. The summed E-state index contributed by atoms with van der Waals surface area (Å²) in [5.41, 5.74) is 5.44.